The molecule has 0 fully saturated rings. The predicted octanol–water partition coefficient (Wildman–Crippen LogP) is 4.52. The van der Waals surface area contributed by atoms with Crippen molar-refractivity contribution in [3.8, 4) is 11.5 Å². The van der Waals surface area contributed by atoms with Crippen molar-refractivity contribution >= 4 is 17.6 Å². The number of benzene rings is 3. The summed E-state index contributed by atoms with van der Waals surface area (Å²) in [5, 5.41) is 9.03. The van der Waals surface area contributed by atoms with E-state index in [0.717, 1.165) is 11.3 Å². The summed E-state index contributed by atoms with van der Waals surface area (Å²) >= 11 is 0. The molecule has 3 rings (SSSR count). The Hall–Kier alpha value is -3.37. The number of nitrogens with one attached hydrogen (secondary N) is 1. The number of rotatable bonds is 5. The number of amides is 1. The van der Waals surface area contributed by atoms with Crippen molar-refractivity contribution in [2.45, 2.75) is 0 Å². The van der Waals surface area contributed by atoms with Crippen molar-refractivity contribution in [2.24, 2.45) is 0 Å². The first-order valence-corrected chi connectivity index (χ1v) is 7.81. The number of hydroxylamine groups is 1. The van der Waals surface area contributed by atoms with Crippen LogP contribution in [0.5, 0.6) is 11.5 Å². The maximum Gasteiger partial charge on any atom is 0.275 e. The van der Waals surface area contributed by atoms with Gasteiger partial charge in [-0.25, -0.2) is 5.48 Å². The molecule has 0 aliphatic carbocycles. The lowest BCUT2D eigenvalue weighted by atomic mass is 10.0. The van der Waals surface area contributed by atoms with Gasteiger partial charge in [-0.1, -0.05) is 60.7 Å². The molecule has 3 aromatic carbocycles. The highest BCUT2D eigenvalue weighted by Crippen LogP contribution is 2.24. The van der Waals surface area contributed by atoms with Crippen LogP contribution in [0.25, 0.3) is 11.6 Å². The van der Waals surface area contributed by atoms with Crippen molar-refractivity contribution in [3.63, 3.8) is 0 Å². The Morgan fingerprint density at radius 1 is 0.840 bits per heavy atom. The van der Waals surface area contributed by atoms with Crippen LogP contribution < -0.4 is 10.2 Å². The molecule has 0 atom stereocenters. The Morgan fingerprint density at radius 2 is 1.48 bits per heavy atom. The number of para-hydroxylation sites is 1. The van der Waals surface area contributed by atoms with Gasteiger partial charge in [-0.05, 0) is 41.5 Å². The van der Waals surface area contributed by atoms with Crippen molar-refractivity contribution in [1.82, 2.24) is 5.48 Å². The summed E-state index contributed by atoms with van der Waals surface area (Å²) in [4.78, 5) is 12.0. The minimum atomic E-state index is -0.569. The lowest BCUT2D eigenvalue weighted by Crippen LogP contribution is -2.19. The number of carbonyl (C=O) groups is 1. The number of hydrogen-bond donors (Lipinski definition) is 2. The Kier molecular flexibility index (Phi) is 5.24. The molecule has 0 bridgehead atoms. The first kappa shape index (κ1) is 16.5. The van der Waals surface area contributed by atoms with E-state index in [1.807, 2.05) is 84.9 Å². The van der Waals surface area contributed by atoms with Gasteiger partial charge in [-0.3, -0.25) is 10.0 Å². The minimum absolute atomic E-state index is 0.361. The van der Waals surface area contributed by atoms with E-state index in [1.165, 1.54) is 0 Å². The third-order valence-corrected chi connectivity index (χ3v) is 3.58. The molecule has 0 saturated heterocycles. The third-order valence-electron chi connectivity index (χ3n) is 3.58. The van der Waals surface area contributed by atoms with Crippen LogP contribution in [-0.2, 0) is 4.79 Å². The molecular formula is C21H17NO3. The van der Waals surface area contributed by atoms with Crippen LogP contribution in [0.4, 0.5) is 0 Å². The van der Waals surface area contributed by atoms with E-state index < -0.39 is 5.91 Å². The highest BCUT2D eigenvalue weighted by atomic mass is 16.5. The van der Waals surface area contributed by atoms with E-state index in [-0.39, 0.29) is 0 Å². The molecule has 4 heteroatoms. The Labute approximate surface area is 146 Å². The van der Waals surface area contributed by atoms with Crippen LogP contribution in [-0.4, -0.2) is 11.1 Å². The van der Waals surface area contributed by atoms with Crippen LogP contribution in [0.1, 0.15) is 11.1 Å². The number of hydrogen-bond acceptors (Lipinski definition) is 3. The Bertz CT molecular complexity index is 874. The molecule has 1 amide bonds. The maximum absolute atomic E-state index is 12.0. The zero-order chi connectivity index (χ0) is 17.5. The average molecular weight is 331 g/mol. The van der Waals surface area contributed by atoms with Gasteiger partial charge < -0.3 is 4.74 Å². The molecule has 0 aliphatic rings. The van der Waals surface area contributed by atoms with Gasteiger partial charge in [-0.15, -0.1) is 0 Å². The lowest BCUT2D eigenvalue weighted by molar-refractivity contribution is -0.123. The molecule has 124 valence electrons. The first-order valence-electron chi connectivity index (χ1n) is 7.81. The molecule has 3 aromatic rings. The van der Waals surface area contributed by atoms with Crippen LogP contribution in [0.2, 0.25) is 0 Å². The summed E-state index contributed by atoms with van der Waals surface area (Å²) in [6.07, 6.45) is 1.71. The number of ether oxygens (including phenoxy) is 1. The first-order chi connectivity index (χ1) is 12.3. The Morgan fingerprint density at radius 3 is 2.16 bits per heavy atom. The average Bonchev–Trinajstić information content (AvgIpc) is 2.67. The molecule has 0 aliphatic heterocycles. The Balaban J connectivity index is 1.92. The minimum Gasteiger partial charge on any atom is -0.457 e. The second-order valence-corrected chi connectivity index (χ2v) is 5.35. The topological polar surface area (TPSA) is 58.6 Å². The lowest BCUT2D eigenvalue weighted by Gasteiger charge is -2.08. The molecule has 0 heterocycles. The summed E-state index contributed by atoms with van der Waals surface area (Å²) in [6.45, 7) is 0. The quantitative estimate of drug-likeness (QED) is 0.313. The summed E-state index contributed by atoms with van der Waals surface area (Å²) in [5.74, 6) is 0.831. The monoisotopic (exact) mass is 331 g/mol. The molecule has 4 nitrogen and oxygen atoms in total. The fourth-order valence-corrected chi connectivity index (χ4v) is 2.42. The van der Waals surface area contributed by atoms with Crippen molar-refractivity contribution < 1.29 is 14.7 Å². The van der Waals surface area contributed by atoms with Gasteiger partial charge in [-0.2, -0.15) is 0 Å². The molecule has 0 saturated carbocycles. The molecule has 25 heavy (non-hydrogen) atoms. The fourth-order valence-electron chi connectivity index (χ4n) is 2.42. The van der Waals surface area contributed by atoms with Gasteiger partial charge in [0.05, 0.1) is 0 Å². The largest absolute Gasteiger partial charge is 0.457 e. The molecular weight excluding hydrogens is 314 g/mol. The van der Waals surface area contributed by atoms with Gasteiger partial charge in [0.25, 0.3) is 5.91 Å². The van der Waals surface area contributed by atoms with Crippen LogP contribution in [0, 0.1) is 0 Å². The molecule has 0 spiro atoms. The normalized spacial score (nSPS) is 11.0. The molecule has 2 N–H and O–H groups in total. The predicted molar refractivity (Wildman–Crippen MR) is 97.2 cm³/mol. The van der Waals surface area contributed by atoms with E-state index in [2.05, 4.69) is 0 Å². The van der Waals surface area contributed by atoms with Crippen molar-refractivity contribution in [2.75, 3.05) is 0 Å². The molecule has 0 radical (unpaired) electrons. The van der Waals surface area contributed by atoms with Crippen molar-refractivity contribution in [3.05, 3.63) is 96.1 Å². The second-order valence-electron chi connectivity index (χ2n) is 5.35. The summed E-state index contributed by atoms with van der Waals surface area (Å²) in [7, 11) is 0. The van der Waals surface area contributed by atoms with E-state index in [0.29, 0.717) is 16.9 Å². The fraction of sp³-hybridized carbons (Fsp3) is 0. The highest BCUT2D eigenvalue weighted by molar-refractivity contribution is 6.23. The van der Waals surface area contributed by atoms with Gasteiger partial charge in [0, 0.05) is 5.57 Å². The van der Waals surface area contributed by atoms with E-state index >= 15 is 0 Å². The third kappa shape index (κ3) is 4.34. The standard InChI is InChI=1S/C21H17NO3/c23-21(22-24)20(17-9-3-1-4-10-17)15-16-8-7-13-19(14-16)25-18-11-5-2-6-12-18/h1-15,24H,(H,22,23)/b20-15-. The van der Waals surface area contributed by atoms with Crippen LogP contribution in [0.3, 0.4) is 0 Å². The van der Waals surface area contributed by atoms with Gasteiger partial charge in [0.15, 0.2) is 0 Å². The van der Waals surface area contributed by atoms with Gasteiger partial charge in [0.1, 0.15) is 11.5 Å². The summed E-state index contributed by atoms with van der Waals surface area (Å²) < 4.78 is 5.81. The van der Waals surface area contributed by atoms with Crippen LogP contribution >= 0.6 is 0 Å². The molecule has 0 aromatic heterocycles. The SMILES string of the molecule is O=C(NO)/C(=C\c1cccc(Oc2ccccc2)c1)c1ccccc1. The summed E-state index contributed by atoms with van der Waals surface area (Å²) in [5.41, 5.74) is 3.56. The van der Waals surface area contributed by atoms with E-state index in [9.17, 15) is 4.79 Å². The van der Waals surface area contributed by atoms with Crippen LogP contribution in [0.15, 0.2) is 84.9 Å². The molecule has 0 unspecified atom stereocenters. The van der Waals surface area contributed by atoms with Crippen molar-refractivity contribution in [1.29, 1.82) is 0 Å². The van der Waals surface area contributed by atoms with E-state index in [4.69, 9.17) is 9.94 Å². The second kappa shape index (κ2) is 7.95. The highest BCUT2D eigenvalue weighted by Gasteiger charge is 2.11. The maximum atomic E-state index is 12.0. The smallest absolute Gasteiger partial charge is 0.275 e. The van der Waals surface area contributed by atoms with Gasteiger partial charge >= 0.3 is 0 Å². The zero-order valence-electron chi connectivity index (χ0n) is 13.4. The zero-order valence-corrected chi connectivity index (χ0v) is 13.4. The van der Waals surface area contributed by atoms with E-state index in [1.54, 1.807) is 11.6 Å². The number of carbonyl (C=O) groups excluding carboxylic acids is 1. The summed E-state index contributed by atoms with van der Waals surface area (Å²) in [6, 6.07) is 26.0. The van der Waals surface area contributed by atoms with Gasteiger partial charge in [0.2, 0.25) is 0 Å².